The second-order valence-electron chi connectivity index (χ2n) is 8.43. The number of aromatic amines is 1. The molecule has 0 aliphatic carbocycles. The van der Waals surface area contributed by atoms with Crippen LogP contribution in [-0.2, 0) is 6.61 Å². The number of nitrogens with zero attached hydrogens (tertiary/aromatic N) is 3. The molecule has 3 heterocycles. The number of para-hydroxylation sites is 1. The smallest absolute Gasteiger partial charge is 0.376 e. The van der Waals surface area contributed by atoms with Gasteiger partial charge in [0.1, 0.15) is 23.7 Å². The summed E-state index contributed by atoms with van der Waals surface area (Å²) in [5, 5.41) is 9.78. The Morgan fingerprint density at radius 3 is 2.47 bits per heavy atom. The number of ether oxygens (including phenoxy) is 1. The molecule has 0 unspecified atom stereocenters. The van der Waals surface area contributed by atoms with Crippen LogP contribution in [-0.4, -0.2) is 44.9 Å². The van der Waals surface area contributed by atoms with Crippen LogP contribution >= 0.6 is 0 Å². The largest absolute Gasteiger partial charge is 0.489 e. The number of imidazole rings is 1. The second-order valence-corrected chi connectivity index (χ2v) is 8.43. The van der Waals surface area contributed by atoms with Gasteiger partial charge in [0.15, 0.2) is 5.65 Å². The maximum Gasteiger partial charge on any atom is 0.376 e. The second kappa shape index (κ2) is 9.14. The van der Waals surface area contributed by atoms with E-state index in [1.807, 2.05) is 37.2 Å². The lowest BCUT2D eigenvalue weighted by Crippen LogP contribution is -2.42. The number of hydrogen-bond donors (Lipinski definition) is 2. The van der Waals surface area contributed by atoms with E-state index >= 15 is 0 Å². The van der Waals surface area contributed by atoms with Crippen molar-refractivity contribution in [3.63, 3.8) is 0 Å². The molecule has 32 heavy (non-hydrogen) atoms. The van der Waals surface area contributed by atoms with E-state index in [9.17, 15) is 5.02 Å². The molecule has 1 fully saturated rings. The molecule has 0 saturated carbocycles. The summed E-state index contributed by atoms with van der Waals surface area (Å²) in [6.07, 6.45) is 2.02. The summed E-state index contributed by atoms with van der Waals surface area (Å²) in [6, 6.07) is 22.3. The van der Waals surface area contributed by atoms with E-state index < -0.39 is 0 Å². The number of aromatic nitrogens is 3. The quantitative estimate of drug-likeness (QED) is 0.445. The van der Waals surface area contributed by atoms with Gasteiger partial charge in [0.25, 0.3) is 0 Å². The molecule has 0 radical (unpaired) electrons. The first kappa shape index (κ1) is 20.7. The summed E-state index contributed by atoms with van der Waals surface area (Å²) >= 11 is 0. The Balaban J connectivity index is 1.27. The molecule has 0 spiro atoms. The molecule has 0 atom stereocenters. The van der Waals surface area contributed by atoms with Crippen LogP contribution in [0.3, 0.4) is 0 Å². The highest BCUT2D eigenvalue weighted by molar-refractivity contribution is 6.45. The first-order chi connectivity index (χ1) is 15.7. The highest BCUT2D eigenvalue weighted by Crippen LogP contribution is 2.29. The molecular formula is C25H27BN4O2. The van der Waals surface area contributed by atoms with Crippen LogP contribution < -0.4 is 4.74 Å². The zero-order chi connectivity index (χ0) is 21.9. The van der Waals surface area contributed by atoms with Gasteiger partial charge < -0.3 is 19.6 Å². The monoisotopic (exact) mass is 426 g/mol. The first-order valence-corrected chi connectivity index (χ1v) is 11.2. The van der Waals surface area contributed by atoms with Gasteiger partial charge in [0.2, 0.25) is 0 Å². The molecule has 0 bridgehead atoms. The van der Waals surface area contributed by atoms with E-state index in [0.29, 0.717) is 12.5 Å². The molecule has 1 aliphatic heterocycles. The van der Waals surface area contributed by atoms with Crippen LogP contribution in [0.25, 0.3) is 22.6 Å². The van der Waals surface area contributed by atoms with Crippen molar-refractivity contribution in [1.82, 2.24) is 19.8 Å². The van der Waals surface area contributed by atoms with Gasteiger partial charge in [-0.15, -0.1) is 0 Å². The minimum atomic E-state index is -0.377. The normalized spacial score (nSPS) is 15.2. The third-order valence-electron chi connectivity index (χ3n) is 6.22. The molecule has 6 nitrogen and oxygen atoms in total. The highest BCUT2D eigenvalue weighted by atomic mass is 16.5. The lowest BCUT2D eigenvalue weighted by molar-refractivity contribution is 0.287. The number of H-pyrrole nitrogens is 1. The van der Waals surface area contributed by atoms with Crippen molar-refractivity contribution in [2.45, 2.75) is 32.2 Å². The first-order valence-electron chi connectivity index (χ1n) is 11.2. The Morgan fingerprint density at radius 2 is 1.75 bits per heavy atom. The third kappa shape index (κ3) is 4.54. The van der Waals surface area contributed by atoms with E-state index in [1.54, 1.807) is 0 Å². The average molecular weight is 426 g/mol. The van der Waals surface area contributed by atoms with Crippen LogP contribution in [0.2, 0.25) is 6.82 Å². The molecule has 1 saturated heterocycles. The maximum atomic E-state index is 9.78. The van der Waals surface area contributed by atoms with Gasteiger partial charge >= 0.3 is 7.05 Å². The Kier molecular flexibility index (Phi) is 5.92. The molecule has 4 aromatic rings. The number of pyridine rings is 1. The van der Waals surface area contributed by atoms with Crippen LogP contribution in [0.5, 0.6) is 5.75 Å². The molecular weight excluding hydrogens is 399 g/mol. The zero-order valence-electron chi connectivity index (χ0n) is 18.2. The SMILES string of the molecule is CB(O)N1CCC(c2ccc3nc(-c4ccc(COc5ccccc5)cc4)[nH]c3n2)CC1. The lowest BCUT2D eigenvalue weighted by atomic mass is 9.80. The summed E-state index contributed by atoms with van der Waals surface area (Å²) in [4.78, 5) is 15.1. The predicted octanol–water partition coefficient (Wildman–Crippen LogP) is 4.49. The summed E-state index contributed by atoms with van der Waals surface area (Å²) in [5.74, 6) is 2.11. The van der Waals surface area contributed by atoms with Gasteiger partial charge in [0.05, 0.1) is 0 Å². The van der Waals surface area contributed by atoms with Crippen molar-refractivity contribution in [2.75, 3.05) is 13.1 Å². The Labute approximate surface area is 188 Å². The van der Waals surface area contributed by atoms with E-state index in [2.05, 4.69) is 46.2 Å². The van der Waals surface area contributed by atoms with Gasteiger partial charge in [-0.3, -0.25) is 0 Å². The van der Waals surface area contributed by atoms with Gasteiger partial charge in [0, 0.05) is 17.2 Å². The number of piperidine rings is 1. The van der Waals surface area contributed by atoms with Crippen LogP contribution in [0, 0.1) is 0 Å². The van der Waals surface area contributed by atoms with Gasteiger partial charge in [-0.2, -0.15) is 0 Å². The topological polar surface area (TPSA) is 74.3 Å². The van der Waals surface area contributed by atoms with Crippen molar-refractivity contribution in [3.05, 3.63) is 78.0 Å². The van der Waals surface area contributed by atoms with Gasteiger partial charge in [-0.1, -0.05) is 42.5 Å². The molecule has 1 aliphatic rings. The lowest BCUT2D eigenvalue weighted by Gasteiger charge is -2.32. The van der Waals surface area contributed by atoms with Crippen molar-refractivity contribution in [2.24, 2.45) is 0 Å². The van der Waals surface area contributed by atoms with Gasteiger partial charge in [-0.25, -0.2) is 9.97 Å². The van der Waals surface area contributed by atoms with Crippen LogP contribution in [0.4, 0.5) is 0 Å². The fraction of sp³-hybridized carbons (Fsp3) is 0.280. The number of hydrogen-bond acceptors (Lipinski definition) is 5. The van der Waals surface area contributed by atoms with Crippen molar-refractivity contribution in [3.8, 4) is 17.1 Å². The standard InChI is InChI=1S/C25H27BN4O2/c1-26(31)30-15-13-19(14-16-30)22-11-12-23-25(27-22)29-24(28-23)20-9-7-18(8-10-20)17-32-21-5-3-2-4-6-21/h2-12,19,31H,13-17H2,1H3,(H,27,28,29). The van der Waals surface area contributed by atoms with E-state index in [1.165, 1.54) is 0 Å². The Bertz CT molecular complexity index is 1170. The average Bonchev–Trinajstić information content (AvgIpc) is 3.27. The fourth-order valence-electron chi connectivity index (χ4n) is 4.28. The van der Waals surface area contributed by atoms with Crippen LogP contribution in [0.15, 0.2) is 66.7 Å². The number of nitrogens with one attached hydrogen (secondary N) is 1. The summed E-state index contributed by atoms with van der Waals surface area (Å²) in [7, 11) is -0.377. The minimum absolute atomic E-state index is 0.377. The molecule has 7 heteroatoms. The molecule has 162 valence electrons. The predicted molar refractivity (Wildman–Crippen MR) is 127 cm³/mol. The maximum absolute atomic E-state index is 9.78. The number of benzene rings is 2. The highest BCUT2D eigenvalue weighted by Gasteiger charge is 2.25. The van der Waals surface area contributed by atoms with E-state index in [0.717, 1.165) is 65.5 Å². The summed E-state index contributed by atoms with van der Waals surface area (Å²) in [5.41, 5.74) is 4.94. The van der Waals surface area contributed by atoms with Crippen molar-refractivity contribution in [1.29, 1.82) is 0 Å². The van der Waals surface area contributed by atoms with E-state index in [-0.39, 0.29) is 7.05 Å². The molecule has 5 rings (SSSR count). The van der Waals surface area contributed by atoms with Crippen LogP contribution in [0.1, 0.15) is 30.0 Å². The number of fused-ring (bicyclic) bond motifs is 1. The van der Waals surface area contributed by atoms with Crippen molar-refractivity contribution >= 4 is 18.2 Å². The summed E-state index contributed by atoms with van der Waals surface area (Å²) in [6.45, 7) is 4.16. The molecule has 2 aromatic carbocycles. The minimum Gasteiger partial charge on any atom is -0.489 e. The van der Waals surface area contributed by atoms with E-state index in [4.69, 9.17) is 14.7 Å². The zero-order valence-corrected chi connectivity index (χ0v) is 18.2. The molecule has 2 N–H and O–H groups in total. The Morgan fingerprint density at radius 1 is 1.00 bits per heavy atom. The molecule has 2 aromatic heterocycles. The third-order valence-corrected chi connectivity index (χ3v) is 6.22. The molecule has 0 amide bonds. The number of rotatable bonds is 6. The Hall–Kier alpha value is -3.16. The fourth-order valence-corrected chi connectivity index (χ4v) is 4.28. The summed E-state index contributed by atoms with van der Waals surface area (Å²) < 4.78 is 5.83. The van der Waals surface area contributed by atoms with Gasteiger partial charge in [-0.05, 0) is 62.6 Å². The van der Waals surface area contributed by atoms with Crippen molar-refractivity contribution < 1.29 is 9.76 Å².